The number of anilines is 2. The van der Waals surface area contributed by atoms with Gasteiger partial charge < -0.3 is 31.2 Å². The number of carboxylic acids is 1. The molecule has 1 aromatic rings. The van der Waals surface area contributed by atoms with Gasteiger partial charge in [0.2, 0.25) is 17.7 Å². The molecule has 0 spiro atoms. The zero-order chi connectivity index (χ0) is 29.6. The highest BCUT2D eigenvalue weighted by atomic mass is 16.4. The third-order valence-electron chi connectivity index (χ3n) is 5.99. The molecule has 1 saturated heterocycles. The number of benzene rings is 1. The van der Waals surface area contributed by atoms with Crippen LogP contribution in [0, 0.1) is 0 Å². The maximum atomic E-state index is 13.6. The zero-order valence-electron chi connectivity index (χ0n) is 21.9. The molecule has 14 nitrogen and oxygen atoms in total. The van der Waals surface area contributed by atoms with E-state index in [4.69, 9.17) is 5.11 Å². The lowest BCUT2D eigenvalue weighted by Gasteiger charge is -2.39. The Hall–Kier alpha value is -5.01. The minimum absolute atomic E-state index is 0.0159. The average Bonchev–Trinajstić information content (AvgIpc) is 3.00. The number of carboxylic acid groups (broad SMARTS) is 1. The predicted molar refractivity (Wildman–Crippen MR) is 141 cm³/mol. The first kappa shape index (κ1) is 29.5. The number of hydrazine groups is 1. The van der Waals surface area contributed by atoms with Gasteiger partial charge in [-0.25, -0.2) is 10.0 Å². The van der Waals surface area contributed by atoms with Crippen molar-refractivity contribution in [1.82, 2.24) is 20.7 Å². The third-order valence-corrected chi connectivity index (χ3v) is 5.99. The Bertz CT molecular complexity index is 1290. The molecule has 2 aliphatic heterocycles. The molecule has 0 aromatic heterocycles. The van der Waals surface area contributed by atoms with Crippen molar-refractivity contribution in [2.75, 3.05) is 10.6 Å². The lowest BCUT2D eigenvalue weighted by molar-refractivity contribution is -0.166. The van der Waals surface area contributed by atoms with Crippen molar-refractivity contribution in [3.63, 3.8) is 0 Å². The number of hydrogen-bond acceptors (Lipinski definition) is 8. The van der Waals surface area contributed by atoms with Crippen LogP contribution in [0.5, 0.6) is 0 Å². The van der Waals surface area contributed by atoms with Crippen molar-refractivity contribution in [2.45, 2.75) is 57.7 Å². The molecule has 14 heteroatoms. The number of allylic oxidation sites excluding steroid dienone is 1. The number of carbonyl (C=O) groups excluding carboxylic acids is 6. The standard InChI is InChI=1S/C26H30N6O8/c1-14(2)27-18-7-6-16(11-20(18)28-15(3)34)24(38)30-19-8-9-22(35)31-10-4-5-21(32(31)26(19)40)25(39)29-17(13-33)12-23(36)37/h4,6-7,10-11,13,17,19,21,27H,1,5,8-9,12H2,2-3H3,(H,28,34)(H,29,39)(H,30,38)(H,36,37)/t17-,19-,21-/m0/s1. The summed E-state index contributed by atoms with van der Waals surface area (Å²) in [6.07, 6.45) is 2.26. The highest BCUT2D eigenvalue weighted by Gasteiger charge is 2.43. The fourth-order valence-electron chi connectivity index (χ4n) is 4.25. The van der Waals surface area contributed by atoms with Gasteiger partial charge in [0.15, 0.2) is 0 Å². The second-order valence-corrected chi connectivity index (χ2v) is 9.32. The van der Waals surface area contributed by atoms with Crippen LogP contribution < -0.4 is 21.3 Å². The monoisotopic (exact) mass is 554 g/mol. The van der Waals surface area contributed by atoms with E-state index >= 15 is 0 Å². The van der Waals surface area contributed by atoms with Crippen LogP contribution in [0.15, 0.2) is 42.8 Å². The molecule has 40 heavy (non-hydrogen) atoms. The number of hydrogen-bond donors (Lipinski definition) is 5. The number of rotatable bonds is 10. The Morgan fingerprint density at radius 1 is 1.15 bits per heavy atom. The van der Waals surface area contributed by atoms with Crippen molar-refractivity contribution in [3.8, 4) is 0 Å². The fraction of sp³-hybridized carbons (Fsp3) is 0.346. The average molecular weight is 555 g/mol. The van der Waals surface area contributed by atoms with Gasteiger partial charge in [-0.15, -0.1) is 0 Å². The minimum atomic E-state index is -1.34. The van der Waals surface area contributed by atoms with E-state index < -0.39 is 54.1 Å². The Kier molecular flexibility index (Phi) is 9.37. The van der Waals surface area contributed by atoms with Crippen LogP contribution in [-0.4, -0.2) is 75.0 Å². The van der Waals surface area contributed by atoms with E-state index in [2.05, 4.69) is 27.8 Å². The molecule has 1 aromatic carbocycles. The molecule has 2 aliphatic rings. The normalized spacial score (nSPS) is 19.1. The summed E-state index contributed by atoms with van der Waals surface area (Å²) in [6.45, 7) is 6.79. The third kappa shape index (κ3) is 7.09. The number of aliphatic carboxylic acids is 1. The SMILES string of the molecule is C=C(C)Nc1ccc(C(=O)N[C@H]2CCC(=O)N3C=CC[C@@H](C(=O)N[C@H](C=O)CC(=O)O)N3C2=O)cc1NC(C)=O. The van der Waals surface area contributed by atoms with E-state index in [1.165, 1.54) is 31.3 Å². The van der Waals surface area contributed by atoms with Gasteiger partial charge in [0.05, 0.1) is 23.8 Å². The molecule has 212 valence electrons. The summed E-state index contributed by atoms with van der Waals surface area (Å²) in [7, 11) is 0. The molecule has 5 N–H and O–H groups in total. The first-order chi connectivity index (χ1) is 18.9. The molecule has 0 aliphatic carbocycles. The number of fused-ring (bicyclic) bond motifs is 1. The molecule has 5 amide bonds. The van der Waals surface area contributed by atoms with Gasteiger partial charge in [0, 0.05) is 30.8 Å². The number of nitrogens with zero attached hydrogens (tertiary/aromatic N) is 2. The summed E-state index contributed by atoms with van der Waals surface area (Å²) in [6, 6.07) is 0.661. The van der Waals surface area contributed by atoms with Gasteiger partial charge in [-0.2, -0.15) is 0 Å². The Balaban J connectivity index is 1.85. The van der Waals surface area contributed by atoms with E-state index in [1.807, 2.05) is 0 Å². The van der Waals surface area contributed by atoms with E-state index in [1.54, 1.807) is 13.0 Å². The molecule has 1 fully saturated rings. The summed E-state index contributed by atoms with van der Waals surface area (Å²) >= 11 is 0. The Morgan fingerprint density at radius 3 is 2.50 bits per heavy atom. The fourth-order valence-corrected chi connectivity index (χ4v) is 4.25. The van der Waals surface area contributed by atoms with Gasteiger partial charge in [0.25, 0.3) is 11.8 Å². The molecular formula is C26H30N6O8. The van der Waals surface area contributed by atoms with E-state index in [-0.39, 0.29) is 37.0 Å². The predicted octanol–water partition coefficient (Wildman–Crippen LogP) is 0.499. The highest BCUT2D eigenvalue weighted by molar-refractivity contribution is 6.02. The number of amides is 5. The second-order valence-electron chi connectivity index (χ2n) is 9.32. The summed E-state index contributed by atoms with van der Waals surface area (Å²) in [5.74, 6) is -4.42. The van der Waals surface area contributed by atoms with Crippen LogP contribution in [0.3, 0.4) is 0 Å². The number of nitrogens with one attached hydrogen (secondary N) is 4. The topological polar surface area (TPSA) is 194 Å². The van der Waals surface area contributed by atoms with E-state index in [0.717, 1.165) is 10.0 Å². The molecule has 0 saturated carbocycles. The number of carbonyl (C=O) groups is 7. The first-order valence-electron chi connectivity index (χ1n) is 12.4. The van der Waals surface area contributed by atoms with Crippen LogP contribution in [0.4, 0.5) is 11.4 Å². The van der Waals surface area contributed by atoms with Crippen LogP contribution in [0.1, 0.15) is 49.9 Å². The van der Waals surface area contributed by atoms with Crippen LogP contribution in [0.25, 0.3) is 0 Å². The lowest BCUT2D eigenvalue weighted by Crippen LogP contribution is -2.62. The van der Waals surface area contributed by atoms with E-state index in [9.17, 15) is 33.6 Å². The highest BCUT2D eigenvalue weighted by Crippen LogP contribution is 2.26. The van der Waals surface area contributed by atoms with Gasteiger partial charge in [0.1, 0.15) is 18.4 Å². The molecule has 0 unspecified atom stereocenters. The smallest absolute Gasteiger partial charge is 0.305 e. The Morgan fingerprint density at radius 2 is 1.88 bits per heavy atom. The second kappa shape index (κ2) is 12.7. The summed E-state index contributed by atoms with van der Waals surface area (Å²) in [5.41, 5.74) is 1.52. The maximum Gasteiger partial charge on any atom is 0.305 e. The lowest BCUT2D eigenvalue weighted by atomic mass is 10.1. The molecule has 0 radical (unpaired) electrons. The zero-order valence-corrected chi connectivity index (χ0v) is 21.9. The van der Waals surface area contributed by atoms with Crippen molar-refractivity contribution < 1.29 is 38.7 Å². The van der Waals surface area contributed by atoms with Crippen molar-refractivity contribution in [1.29, 1.82) is 0 Å². The Labute approximate surface area is 229 Å². The minimum Gasteiger partial charge on any atom is -0.481 e. The van der Waals surface area contributed by atoms with Crippen LogP contribution in [-0.2, 0) is 28.8 Å². The summed E-state index contributed by atoms with van der Waals surface area (Å²) in [5, 5.41) is 21.4. The largest absolute Gasteiger partial charge is 0.481 e. The first-order valence-corrected chi connectivity index (χ1v) is 12.4. The van der Waals surface area contributed by atoms with Crippen molar-refractivity contribution >= 4 is 53.2 Å². The molecule has 2 heterocycles. The van der Waals surface area contributed by atoms with E-state index in [0.29, 0.717) is 17.1 Å². The van der Waals surface area contributed by atoms with Crippen molar-refractivity contribution in [3.05, 3.63) is 48.3 Å². The number of aldehydes is 1. The quantitative estimate of drug-likeness (QED) is 0.256. The van der Waals surface area contributed by atoms with Gasteiger partial charge in [-0.3, -0.25) is 28.8 Å². The molecular weight excluding hydrogens is 524 g/mol. The van der Waals surface area contributed by atoms with Gasteiger partial charge in [-0.05, 0) is 38.0 Å². The van der Waals surface area contributed by atoms with Crippen LogP contribution in [0.2, 0.25) is 0 Å². The van der Waals surface area contributed by atoms with Gasteiger partial charge in [-0.1, -0.05) is 12.7 Å². The molecule has 0 bridgehead atoms. The van der Waals surface area contributed by atoms with Crippen LogP contribution >= 0.6 is 0 Å². The summed E-state index contributed by atoms with van der Waals surface area (Å²) in [4.78, 5) is 86.5. The molecule has 3 atom stereocenters. The van der Waals surface area contributed by atoms with Crippen molar-refractivity contribution in [2.24, 2.45) is 0 Å². The maximum absolute atomic E-state index is 13.6. The van der Waals surface area contributed by atoms with Gasteiger partial charge >= 0.3 is 5.97 Å². The summed E-state index contributed by atoms with van der Waals surface area (Å²) < 4.78 is 0. The molecule has 3 rings (SSSR count).